The van der Waals surface area contributed by atoms with Crippen molar-refractivity contribution in [3.63, 3.8) is 0 Å². The molecule has 1 aliphatic carbocycles. The molecule has 0 N–H and O–H groups in total. The zero-order valence-corrected chi connectivity index (χ0v) is 16.2. The quantitative estimate of drug-likeness (QED) is 0.654. The topological polar surface area (TPSA) is 63.9 Å². The number of carbonyl (C=O) groups is 1. The number of para-hydroxylation sites is 1. The first kappa shape index (κ1) is 17.5. The molecule has 1 saturated heterocycles. The number of aldehydes is 1. The largest absolute Gasteiger partial charge is 0.306 e. The van der Waals surface area contributed by atoms with Crippen molar-refractivity contribution in [3.8, 4) is 11.3 Å². The molecule has 5 rings (SSSR count). The van der Waals surface area contributed by atoms with E-state index in [4.69, 9.17) is 9.97 Å². The second kappa shape index (κ2) is 7.09. The fourth-order valence-corrected chi connectivity index (χ4v) is 4.48. The van der Waals surface area contributed by atoms with Crippen LogP contribution in [0.5, 0.6) is 0 Å². The standard InChI is InChI=1S/C22H25N5O/c1-26-7-5-16(6-8-26)19-3-2-4-20-22(19)23-12-21(25-20)17-11-24-27(13-17)18-9-15(10-18)14-28/h2-4,11-16,18H,5-10H2,1H3. The Morgan fingerprint density at radius 2 is 1.96 bits per heavy atom. The van der Waals surface area contributed by atoms with E-state index in [1.54, 1.807) is 0 Å². The van der Waals surface area contributed by atoms with Gasteiger partial charge in [0.2, 0.25) is 0 Å². The first-order valence-electron chi connectivity index (χ1n) is 10.2. The molecule has 0 unspecified atom stereocenters. The lowest BCUT2D eigenvalue weighted by atomic mass is 9.81. The van der Waals surface area contributed by atoms with E-state index in [9.17, 15) is 4.79 Å². The summed E-state index contributed by atoms with van der Waals surface area (Å²) in [6.45, 7) is 2.27. The van der Waals surface area contributed by atoms with Crippen LogP contribution in [-0.4, -0.2) is 51.1 Å². The van der Waals surface area contributed by atoms with Crippen LogP contribution in [0.15, 0.2) is 36.8 Å². The SMILES string of the molecule is CN1CCC(c2cccc3nc(-c4cnn(C5CC(C=O)C5)c4)cnc23)CC1. The molecule has 3 heterocycles. The first-order chi connectivity index (χ1) is 13.7. The minimum atomic E-state index is 0.191. The van der Waals surface area contributed by atoms with Crippen molar-refractivity contribution < 1.29 is 4.79 Å². The maximum atomic E-state index is 10.8. The molecule has 6 heteroatoms. The van der Waals surface area contributed by atoms with Crippen LogP contribution in [0.4, 0.5) is 0 Å². The number of nitrogens with zero attached hydrogens (tertiary/aromatic N) is 5. The Kier molecular flexibility index (Phi) is 4.43. The van der Waals surface area contributed by atoms with E-state index >= 15 is 0 Å². The van der Waals surface area contributed by atoms with Gasteiger partial charge in [-0.25, -0.2) is 4.98 Å². The minimum absolute atomic E-state index is 0.191. The molecule has 28 heavy (non-hydrogen) atoms. The Hall–Kier alpha value is -2.60. The van der Waals surface area contributed by atoms with Gasteiger partial charge in [-0.3, -0.25) is 9.67 Å². The van der Waals surface area contributed by atoms with Crippen molar-refractivity contribution in [2.75, 3.05) is 20.1 Å². The average Bonchev–Trinajstić information content (AvgIpc) is 3.17. The Labute approximate surface area is 164 Å². The number of aromatic nitrogens is 4. The van der Waals surface area contributed by atoms with Gasteiger partial charge in [-0.05, 0) is 63.4 Å². The molecule has 2 aromatic heterocycles. The van der Waals surface area contributed by atoms with Gasteiger partial charge in [0.1, 0.15) is 6.29 Å². The van der Waals surface area contributed by atoms with Crippen molar-refractivity contribution in [1.29, 1.82) is 0 Å². The summed E-state index contributed by atoms with van der Waals surface area (Å²) >= 11 is 0. The van der Waals surface area contributed by atoms with Gasteiger partial charge in [-0.2, -0.15) is 5.10 Å². The third-order valence-corrected chi connectivity index (χ3v) is 6.37. The van der Waals surface area contributed by atoms with Crippen molar-refractivity contribution in [2.45, 2.75) is 37.6 Å². The number of carbonyl (C=O) groups excluding carboxylic acids is 1. The van der Waals surface area contributed by atoms with E-state index in [1.165, 1.54) is 18.4 Å². The number of likely N-dealkylation sites (tertiary alicyclic amines) is 1. The molecule has 0 bridgehead atoms. The molecule has 2 aliphatic rings. The summed E-state index contributed by atoms with van der Waals surface area (Å²) in [6.07, 6.45) is 10.9. The highest BCUT2D eigenvalue weighted by Crippen LogP contribution is 2.37. The summed E-state index contributed by atoms with van der Waals surface area (Å²) in [7, 11) is 2.19. The monoisotopic (exact) mass is 375 g/mol. The fraction of sp³-hybridized carbons (Fsp3) is 0.455. The average molecular weight is 375 g/mol. The molecule has 2 fully saturated rings. The lowest BCUT2D eigenvalue weighted by molar-refractivity contribution is -0.114. The van der Waals surface area contributed by atoms with Crippen LogP contribution in [0.3, 0.4) is 0 Å². The van der Waals surface area contributed by atoms with E-state index in [0.717, 1.165) is 54.5 Å². The van der Waals surface area contributed by atoms with E-state index in [0.29, 0.717) is 12.0 Å². The second-order valence-electron chi connectivity index (χ2n) is 8.28. The highest BCUT2D eigenvalue weighted by atomic mass is 16.1. The number of benzene rings is 1. The predicted octanol–water partition coefficient (Wildman–Crippen LogP) is 3.45. The molecule has 1 aromatic carbocycles. The van der Waals surface area contributed by atoms with Gasteiger partial charge >= 0.3 is 0 Å². The maximum Gasteiger partial charge on any atom is 0.123 e. The lowest BCUT2D eigenvalue weighted by Crippen LogP contribution is -2.29. The van der Waals surface area contributed by atoms with E-state index in [2.05, 4.69) is 35.2 Å². The van der Waals surface area contributed by atoms with Crippen molar-refractivity contribution >= 4 is 17.3 Å². The van der Waals surface area contributed by atoms with Gasteiger partial charge in [0.05, 0.1) is 35.2 Å². The summed E-state index contributed by atoms with van der Waals surface area (Å²) in [4.78, 5) is 22.9. The second-order valence-corrected chi connectivity index (χ2v) is 8.28. The van der Waals surface area contributed by atoms with Crippen molar-refractivity contribution in [3.05, 3.63) is 42.4 Å². The van der Waals surface area contributed by atoms with Crippen LogP contribution in [0.2, 0.25) is 0 Å². The predicted molar refractivity (Wildman–Crippen MR) is 108 cm³/mol. The molecule has 6 nitrogen and oxygen atoms in total. The summed E-state index contributed by atoms with van der Waals surface area (Å²) in [5, 5.41) is 4.49. The van der Waals surface area contributed by atoms with Crippen LogP contribution >= 0.6 is 0 Å². The summed E-state index contributed by atoms with van der Waals surface area (Å²) < 4.78 is 1.97. The lowest BCUT2D eigenvalue weighted by Gasteiger charge is -2.31. The third-order valence-electron chi connectivity index (χ3n) is 6.37. The van der Waals surface area contributed by atoms with Crippen LogP contribution in [0.1, 0.15) is 43.2 Å². The van der Waals surface area contributed by atoms with Gasteiger partial charge in [0.15, 0.2) is 0 Å². The van der Waals surface area contributed by atoms with E-state index < -0.39 is 0 Å². The van der Waals surface area contributed by atoms with Crippen LogP contribution in [0.25, 0.3) is 22.3 Å². The van der Waals surface area contributed by atoms with Crippen LogP contribution in [0, 0.1) is 5.92 Å². The number of piperidine rings is 1. The molecule has 144 valence electrons. The highest BCUT2D eigenvalue weighted by molar-refractivity contribution is 5.80. The zero-order valence-electron chi connectivity index (χ0n) is 16.2. The minimum Gasteiger partial charge on any atom is -0.306 e. The third kappa shape index (κ3) is 3.11. The van der Waals surface area contributed by atoms with Crippen LogP contribution in [-0.2, 0) is 4.79 Å². The Morgan fingerprint density at radius 3 is 2.75 bits per heavy atom. The number of fused-ring (bicyclic) bond motifs is 1. The van der Waals surface area contributed by atoms with Crippen molar-refractivity contribution in [2.24, 2.45) is 5.92 Å². The van der Waals surface area contributed by atoms with Crippen LogP contribution < -0.4 is 0 Å². The van der Waals surface area contributed by atoms with Gasteiger partial charge in [0.25, 0.3) is 0 Å². The molecule has 0 atom stereocenters. The Morgan fingerprint density at radius 1 is 1.14 bits per heavy atom. The molecule has 0 amide bonds. The smallest absolute Gasteiger partial charge is 0.123 e. The van der Waals surface area contributed by atoms with Gasteiger partial charge in [-0.15, -0.1) is 0 Å². The zero-order chi connectivity index (χ0) is 19.1. The van der Waals surface area contributed by atoms with E-state index in [-0.39, 0.29) is 5.92 Å². The molecular formula is C22H25N5O. The van der Waals surface area contributed by atoms with Crippen molar-refractivity contribution in [1.82, 2.24) is 24.6 Å². The summed E-state index contributed by atoms with van der Waals surface area (Å²) in [6, 6.07) is 6.69. The number of hydrogen-bond donors (Lipinski definition) is 0. The Balaban J connectivity index is 1.41. The normalized spacial score (nSPS) is 23.6. The van der Waals surface area contributed by atoms with Gasteiger partial charge in [0, 0.05) is 17.7 Å². The van der Waals surface area contributed by atoms with E-state index in [1.807, 2.05) is 23.3 Å². The summed E-state index contributed by atoms with van der Waals surface area (Å²) in [5.74, 6) is 0.753. The molecule has 1 aliphatic heterocycles. The molecule has 1 saturated carbocycles. The Bertz CT molecular complexity index is 999. The first-order valence-corrected chi connectivity index (χ1v) is 10.2. The number of rotatable bonds is 4. The maximum absolute atomic E-state index is 10.8. The van der Waals surface area contributed by atoms with Gasteiger partial charge in [-0.1, -0.05) is 12.1 Å². The van der Waals surface area contributed by atoms with Gasteiger partial charge < -0.3 is 9.69 Å². The molecule has 0 radical (unpaired) electrons. The highest BCUT2D eigenvalue weighted by Gasteiger charge is 2.30. The fourth-order valence-electron chi connectivity index (χ4n) is 4.48. The summed E-state index contributed by atoms with van der Waals surface area (Å²) in [5.41, 5.74) is 5.14. The molecule has 3 aromatic rings. The molecular weight excluding hydrogens is 350 g/mol. The molecule has 0 spiro atoms. The number of hydrogen-bond acceptors (Lipinski definition) is 5.